The van der Waals surface area contributed by atoms with Crippen LogP contribution < -0.4 is 14.8 Å². The molecule has 0 aliphatic carbocycles. The standard InChI is InChI=1S/C20H22N4O3S/c1-14(19(25)22-20-16(11-21)4-9-28-20)24-7-5-23(6-8-24)12-15-2-3-17-18(10-15)27-13-26-17/h2-4,9-10,14H,5-8,12-13H2,1H3,(H,22,25)/t14-/m0/s1. The van der Waals surface area contributed by atoms with Crippen molar-refractivity contribution in [3.05, 3.63) is 40.8 Å². The molecular formula is C20H22N4O3S. The number of nitrogens with one attached hydrogen (secondary N) is 1. The fourth-order valence-electron chi connectivity index (χ4n) is 3.48. The monoisotopic (exact) mass is 398 g/mol. The minimum atomic E-state index is -0.235. The van der Waals surface area contributed by atoms with Gasteiger partial charge in [-0.1, -0.05) is 6.07 Å². The van der Waals surface area contributed by atoms with Crippen LogP contribution in [-0.4, -0.2) is 54.7 Å². The van der Waals surface area contributed by atoms with Gasteiger partial charge in [0, 0.05) is 32.7 Å². The molecule has 0 bridgehead atoms. The lowest BCUT2D eigenvalue weighted by Crippen LogP contribution is -2.52. The van der Waals surface area contributed by atoms with Crippen LogP contribution in [0.4, 0.5) is 5.00 Å². The first-order valence-corrected chi connectivity index (χ1v) is 10.2. The van der Waals surface area contributed by atoms with Crippen LogP contribution in [0.5, 0.6) is 11.5 Å². The van der Waals surface area contributed by atoms with Gasteiger partial charge < -0.3 is 14.8 Å². The van der Waals surface area contributed by atoms with Crippen molar-refractivity contribution in [2.24, 2.45) is 0 Å². The molecule has 146 valence electrons. The summed E-state index contributed by atoms with van der Waals surface area (Å²) >= 11 is 1.38. The zero-order valence-corrected chi connectivity index (χ0v) is 16.5. The Hall–Kier alpha value is -2.60. The fourth-order valence-corrected chi connectivity index (χ4v) is 4.22. The molecule has 1 aromatic heterocycles. The third kappa shape index (κ3) is 3.97. The first-order valence-electron chi connectivity index (χ1n) is 9.27. The van der Waals surface area contributed by atoms with Crippen LogP contribution in [0.2, 0.25) is 0 Å². The molecule has 0 radical (unpaired) electrons. The van der Waals surface area contributed by atoms with E-state index >= 15 is 0 Å². The molecule has 8 heteroatoms. The zero-order chi connectivity index (χ0) is 19.5. The minimum absolute atomic E-state index is 0.0665. The number of carbonyl (C=O) groups is 1. The maximum Gasteiger partial charge on any atom is 0.242 e. The smallest absolute Gasteiger partial charge is 0.242 e. The predicted molar refractivity (Wildman–Crippen MR) is 107 cm³/mol. The topological polar surface area (TPSA) is 77.8 Å². The molecule has 0 unspecified atom stereocenters. The van der Waals surface area contributed by atoms with Gasteiger partial charge in [-0.2, -0.15) is 5.26 Å². The summed E-state index contributed by atoms with van der Waals surface area (Å²) < 4.78 is 10.8. The highest BCUT2D eigenvalue weighted by Gasteiger charge is 2.26. The van der Waals surface area contributed by atoms with Crippen LogP contribution in [0.15, 0.2) is 29.6 Å². The number of nitriles is 1. The minimum Gasteiger partial charge on any atom is -0.454 e. The average molecular weight is 398 g/mol. The molecule has 2 aliphatic heterocycles. The number of amides is 1. The number of ether oxygens (including phenoxy) is 2. The number of nitrogens with zero attached hydrogens (tertiary/aromatic N) is 3. The Morgan fingerprint density at radius 1 is 1.25 bits per heavy atom. The molecule has 0 spiro atoms. The van der Waals surface area contributed by atoms with Gasteiger partial charge in [0.2, 0.25) is 12.7 Å². The van der Waals surface area contributed by atoms with E-state index in [0.717, 1.165) is 44.2 Å². The van der Waals surface area contributed by atoms with E-state index in [1.54, 1.807) is 6.07 Å². The number of anilines is 1. The van der Waals surface area contributed by atoms with Gasteiger partial charge in [-0.05, 0) is 36.1 Å². The largest absolute Gasteiger partial charge is 0.454 e. The van der Waals surface area contributed by atoms with Crippen molar-refractivity contribution in [3.63, 3.8) is 0 Å². The Labute approximate surface area is 168 Å². The van der Waals surface area contributed by atoms with Gasteiger partial charge in [0.25, 0.3) is 0 Å². The Morgan fingerprint density at radius 3 is 2.82 bits per heavy atom. The van der Waals surface area contributed by atoms with Gasteiger partial charge in [0.15, 0.2) is 11.5 Å². The number of hydrogen-bond acceptors (Lipinski definition) is 7. The number of piperazine rings is 1. The number of thiophene rings is 1. The molecule has 3 heterocycles. The van der Waals surface area contributed by atoms with Crippen molar-refractivity contribution in [1.29, 1.82) is 5.26 Å². The molecular weight excluding hydrogens is 376 g/mol. The summed E-state index contributed by atoms with van der Waals surface area (Å²) in [6.45, 7) is 6.51. The summed E-state index contributed by atoms with van der Waals surface area (Å²) in [6, 6.07) is 9.66. The van der Waals surface area contributed by atoms with Gasteiger partial charge in [-0.15, -0.1) is 11.3 Å². The first-order chi connectivity index (χ1) is 13.6. The number of fused-ring (bicyclic) bond motifs is 1. The van der Waals surface area contributed by atoms with E-state index in [1.165, 1.54) is 16.9 Å². The molecule has 1 N–H and O–H groups in total. The summed E-state index contributed by atoms with van der Waals surface area (Å²) in [4.78, 5) is 17.1. The van der Waals surface area contributed by atoms with Crippen LogP contribution in [0.1, 0.15) is 18.1 Å². The summed E-state index contributed by atoms with van der Waals surface area (Å²) in [5.41, 5.74) is 1.71. The lowest BCUT2D eigenvalue weighted by Gasteiger charge is -2.37. The predicted octanol–water partition coefficient (Wildman–Crippen LogP) is 2.49. The quantitative estimate of drug-likeness (QED) is 0.834. The first kappa shape index (κ1) is 18.7. The molecule has 1 amide bonds. The maximum atomic E-state index is 12.6. The van der Waals surface area contributed by atoms with E-state index in [0.29, 0.717) is 17.4 Å². The highest BCUT2D eigenvalue weighted by atomic mass is 32.1. The SMILES string of the molecule is C[C@@H](C(=O)Nc1sccc1C#N)N1CCN(Cc2ccc3c(c2)OCO3)CC1. The second kappa shape index (κ2) is 8.19. The summed E-state index contributed by atoms with van der Waals surface area (Å²) in [6.07, 6.45) is 0. The summed E-state index contributed by atoms with van der Waals surface area (Å²) in [5.74, 6) is 1.55. The van der Waals surface area contributed by atoms with Crippen LogP contribution in [-0.2, 0) is 11.3 Å². The highest BCUT2D eigenvalue weighted by Crippen LogP contribution is 2.33. The average Bonchev–Trinajstić information content (AvgIpc) is 3.36. The Morgan fingerprint density at radius 2 is 2.04 bits per heavy atom. The molecule has 1 atom stereocenters. The fraction of sp³-hybridized carbons (Fsp3) is 0.400. The van der Waals surface area contributed by atoms with Crippen LogP contribution in [0.3, 0.4) is 0 Å². The third-order valence-corrected chi connectivity index (χ3v) is 6.03. The molecule has 0 saturated carbocycles. The number of hydrogen-bond donors (Lipinski definition) is 1. The van der Waals surface area contributed by atoms with Crippen LogP contribution in [0, 0.1) is 11.3 Å². The highest BCUT2D eigenvalue weighted by molar-refractivity contribution is 7.14. The van der Waals surface area contributed by atoms with E-state index in [-0.39, 0.29) is 11.9 Å². The molecule has 4 rings (SSSR count). The third-order valence-electron chi connectivity index (χ3n) is 5.20. The molecule has 1 fully saturated rings. The summed E-state index contributed by atoms with van der Waals surface area (Å²) in [5, 5.41) is 14.4. The van der Waals surface area contributed by atoms with Crippen LogP contribution in [0.25, 0.3) is 0 Å². The van der Waals surface area contributed by atoms with Crippen molar-refractivity contribution >= 4 is 22.2 Å². The van der Waals surface area contributed by atoms with Gasteiger partial charge in [0.05, 0.1) is 11.6 Å². The molecule has 7 nitrogen and oxygen atoms in total. The Bertz CT molecular complexity index is 899. The van der Waals surface area contributed by atoms with Gasteiger partial charge in [0.1, 0.15) is 11.1 Å². The van der Waals surface area contributed by atoms with Crippen molar-refractivity contribution in [3.8, 4) is 17.6 Å². The van der Waals surface area contributed by atoms with E-state index in [4.69, 9.17) is 14.7 Å². The van der Waals surface area contributed by atoms with Crippen molar-refractivity contribution in [1.82, 2.24) is 9.80 Å². The van der Waals surface area contributed by atoms with Gasteiger partial charge in [-0.25, -0.2) is 0 Å². The summed E-state index contributed by atoms with van der Waals surface area (Å²) in [7, 11) is 0. The molecule has 1 aromatic carbocycles. The number of benzene rings is 1. The van der Waals surface area contributed by atoms with Crippen LogP contribution >= 0.6 is 11.3 Å². The van der Waals surface area contributed by atoms with Gasteiger partial charge >= 0.3 is 0 Å². The normalized spacial score (nSPS) is 17.9. The number of rotatable bonds is 5. The number of carbonyl (C=O) groups excluding carboxylic acids is 1. The van der Waals surface area contributed by atoms with Crippen molar-refractivity contribution < 1.29 is 14.3 Å². The zero-order valence-electron chi connectivity index (χ0n) is 15.7. The lowest BCUT2D eigenvalue weighted by molar-refractivity contribution is -0.121. The molecule has 1 saturated heterocycles. The van der Waals surface area contributed by atoms with Crippen molar-refractivity contribution in [2.75, 3.05) is 38.3 Å². The maximum absolute atomic E-state index is 12.6. The van der Waals surface area contributed by atoms with E-state index in [2.05, 4.69) is 27.3 Å². The molecule has 2 aliphatic rings. The second-order valence-corrected chi connectivity index (χ2v) is 7.86. The Balaban J connectivity index is 1.28. The van der Waals surface area contributed by atoms with Crippen molar-refractivity contribution in [2.45, 2.75) is 19.5 Å². The molecule has 28 heavy (non-hydrogen) atoms. The second-order valence-electron chi connectivity index (χ2n) is 6.94. The van der Waals surface area contributed by atoms with Gasteiger partial charge in [-0.3, -0.25) is 14.6 Å². The van der Waals surface area contributed by atoms with E-state index in [9.17, 15) is 4.79 Å². The van der Waals surface area contributed by atoms with E-state index in [1.807, 2.05) is 24.4 Å². The molecule has 2 aromatic rings. The lowest BCUT2D eigenvalue weighted by atomic mass is 10.1. The van der Waals surface area contributed by atoms with E-state index < -0.39 is 0 Å². The Kier molecular flexibility index (Phi) is 5.48.